The Labute approximate surface area is 116 Å². The molecule has 20 heavy (non-hydrogen) atoms. The molecule has 2 N–H and O–H groups in total. The number of rotatable bonds is 3. The quantitative estimate of drug-likeness (QED) is 0.838. The van der Waals surface area contributed by atoms with Gasteiger partial charge in [-0.25, -0.2) is 13.4 Å². The third-order valence-corrected chi connectivity index (χ3v) is 4.05. The number of aryl methyl sites for hydroxylation is 1. The summed E-state index contributed by atoms with van der Waals surface area (Å²) in [6, 6.07) is 9.12. The highest BCUT2D eigenvalue weighted by molar-refractivity contribution is 7.92. The van der Waals surface area contributed by atoms with Gasteiger partial charge in [-0.1, -0.05) is 12.1 Å². The van der Waals surface area contributed by atoms with E-state index in [0.29, 0.717) is 5.56 Å². The van der Waals surface area contributed by atoms with Gasteiger partial charge in [-0.2, -0.15) is 5.26 Å². The van der Waals surface area contributed by atoms with Crippen molar-refractivity contribution in [2.75, 3.05) is 4.72 Å². The van der Waals surface area contributed by atoms with Gasteiger partial charge >= 0.3 is 0 Å². The largest absolute Gasteiger partial charge is 0.505 e. The van der Waals surface area contributed by atoms with Gasteiger partial charge in [-0.15, -0.1) is 0 Å². The minimum absolute atomic E-state index is 0.0535. The summed E-state index contributed by atoms with van der Waals surface area (Å²) in [6.45, 7) is 1.65. The smallest absolute Gasteiger partial charge is 0.264 e. The topological polar surface area (TPSA) is 103 Å². The summed E-state index contributed by atoms with van der Waals surface area (Å²) in [5.41, 5.74) is 0.391. The molecule has 1 aromatic carbocycles. The van der Waals surface area contributed by atoms with E-state index in [9.17, 15) is 13.5 Å². The van der Waals surface area contributed by atoms with Gasteiger partial charge in [0.15, 0.2) is 5.69 Å². The minimum atomic E-state index is -3.99. The number of phenols is 1. The number of anilines is 1. The SMILES string of the molecule is Cc1cccc(NS(=O)(=O)c2cccnc2C#N)c1O. The molecule has 7 heteroatoms. The van der Waals surface area contributed by atoms with E-state index < -0.39 is 10.0 Å². The van der Waals surface area contributed by atoms with Crippen LogP contribution in [0.25, 0.3) is 0 Å². The van der Waals surface area contributed by atoms with Crippen molar-refractivity contribution in [3.63, 3.8) is 0 Å². The molecule has 0 aliphatic carbocycles. The third kappa shape index (κ3) is 2.55. The van der Waals surface area contributed by atoms with Crippen molar-refractivity contribution in [1.29, 1.82) is 5.26 Å². The molecule has 0 aliphatic heterocycles. The Morgan fingerprint density at radius 3 is 2.75 bits per heavy atom. The number of sulfonamides is 1. The highest BCUT2D eigenvalue weighted by Crippen LogP contribution is 2.29. The standard InChI is InChI=1S/C13H11N3O3S/c1-9-4-2-5-10(13(9)17)16-20(18,19)12-6-3-7-15-11(12)8-14/h2-7,16-17H,1H3. The Balaban J connectivity index is 2.47. The zero-order chi connectivity index (χ0) is 14.8. The lowest BCUT2D eigenvalue weighted by Crippen LogP contribution is -2.15. The van der Waals surface area contributed by atoms with Gasteiger partial charge in [0, 0.05) is 6.20 Å². The first-order valence-corrected chi connectivity index (χ1v) is 7.10. The molecule has 0 atom stereocenters. The van der Waals surface area contributed by atoms with Crippen molar-refractivity contribution in [3.8, 4) is 11.8 Å². The van der Waals surface area contributed by atoms with E-state index in [1.165, 1.54) is 24.4 Å². The molecular formula is C13H11N3O3S. The first kappa shape index (κ1) is 13.8. The van der Waals surface area contributed by atoms with Crippen LogP contribution in [-0.4, -0.2) is 18.5 Å². The Kier molecular flexibility index (Phi) is 3.59. The molecule has 0 amide bonds. The summed E-state index contributed by atoms with van der Waals surface area (Å²) in [5, 5.41) is 18.7. The second kappa shape index (κ2) is 5.19. The number of hydrogen-bond donors (Lipinski definition) is 2. The molecule has 0 radical (unpaired) electrons. The minimum Gasteiger partial charge on any atom is -0.505 e. The van der Waals surface area contributed by atoms with Crippen LogP contribution in [0.5, 0.6) is 5.75 Å². The van der Waals surface area contributed by atoms with Gasteiger partial charge in [0.05, 0.1) is 5.69 Å². The number of aromatic nitrogens is 1. The fourth-order valence-electron chi connectivity index (χ4n) is 1.63. The molecule has 0 bridgehead atoms. The van der Waals surface area contributed by atoms with Gasteiger partial charge in [-0.3, -0.25) is 4.72 Å². The summed E-state index contributed by atoms with van der Waals surface area (Å²) in [6.07, 6.45) is 1.34. The van der Waals surface area contributed by atoms with Gasteiger partial charge < -0.3 is 5.11 Å². The zero-order valence-electron chi connectivity index (χ0n) is 10.5. The van der Waals surface area contributed by atoms with Gasteiger partial charge in [-0.05, 0) is 30.7 Å². The molecule has 0 aliphatic rings. The number of nitriles is 1. The highest BCUT2D eigenvalue weighted by atomic mass is 32.2. The Morgan fingerprint density at radius 1 is 1.30 bits per heavy atom. The molecule has 2 rings (SSSR count). The molecule has 6 nitrogen and oxygen atoms in total. The van der Waals surface area contributed by atoms with E-state index >= 15 is 0 Å². The van der Waals surface area contributed by atoms with Crippen LogP contribution in [0.15, 0.2) is 41.4 Å². The van der Waals surface area contributed by atoms with Gasteiger partial charge in [0.2, 0.25) is 0 Å². The lowest BCUT2D eigenvalue weighted by molar-refractivity contribution is 0.473. The van der Waals surface area contributed by atoms with Crippen molar-refractivity contribution < 1.29 is 13.5 Å². The fourth-order valence-corrected chi connectivity index (χ4v) is 2.81. The van der Waals surface area contributed by atoms with E-state index in [1.54, 1.807) is 25.1 Å². The maximum Gasteiger partial charge on any atom is 0.264 e. The number of phenolic OH excluding ortho intramolecular Hbond substituents is 1. The molecule has 0 spiro atoms. The number of hydrogen-bond acceptors (Lipinski definition) is 5. The van der Waals surface area contributed by atoms with Crippen LogP contribution >= 0.6 is 0 Å². The van der Waals surface area contributed by atoms with Crippen LogP contribution in [0.3, 0.4) is 0 Å². The second-order valence-electron chi connectivity index (χ2n) is 4.04. The van der Waals surface area contributed by atoms with Crippen molar-refractivity contribution in [2.45, 2.75) is 11.8 Å². The Hall–Kier alpha value is -2.59. The highest BCUT2D eigenvalue weighted by Gasteiger charge is 2.20. The first-order valence-electron chi connectivity index (χ1n) is 5.62. The van der Waals surface area contributed by atoms with Crippen LogP contribution in [-0.2, 0) is 10.0 Å². The zero-order valence-corrected chi connectivity index (χ0v) is 11.3. The summed E-state index contributed by atoms with van der Waals surface area (Å²) in [7, 11) is -3.99. The number of benzene rings is 1. The van der Waals surface area contributed by atoms with Gasteiger partial charge in [0.1, 0.15) is 16.7 Å². The van der Waals surface area contributed by atoms with E-state index in [2.05, 4.69) is 9.71 Å². The predicted octanol–water partition coefficient (Wildman–Crippen LogP) is 1.77. The molecule has 102 valence electrons. The second-order valence-corrected chi connectivity index (χ2v) is 5.69. The fraction of sp³-hybridized carbons (Fsp3) is 0.0769. The molecule has 0 fully saturated rings. The Morgan fingerprint density at radius 2 is 2.05 bits per heavy atom. The van der Waals surface area contributed by atoms with Crippen molar-refractivity contribution in [1.82, 2.24) is 4.98 Å². The van der Waals surface area contributed by atoms with Crippen molar-refractivity contribution in [2.24, 2.45) is 0 Å². The molecule has 1 aromatic heterocycles. The summed E-state index contributed by atoms with van der Waals surface area (Å²) < 4.78 is 26.7. The van der Waals surface area contributed by atoms with Crippen molar-refractivity contribution in [3.05, 3.63) is 47.8 Å². The number of pyridine rings is 1. The average molecular weight is 289 g/mol. The Bertz CT molecular complexity index is 795. The van der Waals surface area contributed by atoms with E-state index in [-0.39, 0.29) is 22.0 Å². The summed E-state index contributed by atoms with van der Waals surface area (Å²) >= 11 is 0. The molecular weight excluding hydrogens is 278 g/mol. The molecule has 0 saturated heterocycles. The molecule has 0 saturated carbocycles. The predicted molar refractivity (Wildman–Crippen MR) is 72.6 cm³/mol. The number of nitrogens with one attached hydrogen (secondary N) is 1. The van der Waals surface area contributed by atoms with Crippen LogP contribution in [0.1, 0.15) is 11.3 Å². The summed E-state index contributed by atoms with van der Waals surface area (Å²) in [4.78, 5) is 3.47. The maximum atomic E-state index is 12.2. The molecule has 1 heterocycles. The average Bonchev–Trinajstić information content (AvgIpc) is 2.43. The first-order chi connectivity index (χ1) is 9.45. The normalized spacial score (nSPS) is 10.8. The number of nitrogens with zero attached hydrogens (tertiary/aromatic N) is 2. The van der Waals surface area contributed by atoms with E-state index in [4.69, 9.17) is 5.26 Å². The van der Waals surface area contributed by atoms with E-state index in [0.717, 1.165) is 0 Å². The van der Waals surface area contributed by atoms with E-state index in [1.807, 2.05) is 0 Å². The van der Waals surface area contributed by atoms with Crippen LogP contribution in [0, 0.1) is 18.3 Å². The number of aromatic hydroxyl groups is 1. The van der Waals surface area contributed by atoms with Crippen molar-refractivity contribution >= 4 is 15.7 Å². The monoisotopic (exact) mass is 289 g/mol. The molecule has 0 unspecified atom stereocenters. The molecule has 2 aromatic rings. The van der Waals surface area contributed by atoms with Crippen LogP contribution in [0.2, 0.25) is 0 Å². The van der Waals surface area contributed by atoms with Crippen LogP contribution in [0.4, 0.5) is 5.69 Å². The van der Waals surface area contributed by atoms with Gasteiger partial charge in [0.25, 0.3) is 10.0 Å². The lowest BCUT2D eigenvalue weighted by atomic mass is 10.2. The maximum absolute atomic E-state index is 12.2. The third-order valence-electron chi connectivity index (χ3n) is 2.65. The van der Waals surface area contributed by atoms with Crippen LogP contribution < -0.4 is 4.72 Å². The summed E-state index contributed by atoms with van der Waals surface area (Å²) in [5.74, 6) is -0.154. The number of para-hydroxylation sites is 1. The lowest BCUT2D eigenvalue weighted by Gasteiger charge is -2.11.